The molecule has 1 aromatic heterocycles. The maximum absolute atomic E-state index is 14.1. The van der Waals surface area contributed by atoms with E-state index in [9.17, 15) is 9.18 Å². The van der Waals surface area contributed by atoms with E-state index in [0.717, 1.165) is 17.8 Å². The molecule has 0 fully saturated rings. The molecule has 2 N–H and O–H groups in total. The van der Waals surface area contributed by atoms with E-state index in [1.165, 1.54) is 6.07 Å². The number of halogens is 1. The molecule has 4 nitrogen and oxygen atoms in total. The molecule has 110 valence electrons. The fourth-order valence-electron chi connectivity index (χ4n) is 2.64. The fourth-order valence-corrected chi connectivity index (χ4v) is 2.64. The average molecular weight is 287 g/mol. The third kappa shape index (κ3) is 2.77. The van der Waals surface area contributed by atoms with Gasteiger partial charge in [0.1, 0.15) is 5.82 Å². The zero-order valence-corrected chi connectivity index (χ0v) is 11.9. The van der Waals surface area contributed by atoms with Gasteiger partial charge in [0.25, 0.3) is 0 Å². The third-order valence-electron chi connectivity index (χ3n) is 3.81. The van der Waals surface area contributed by atoms with E-state index in [0.29, 0.717) is 30.8 Å². The smallest absolute Gasteiger partial charge is 0.224 e. The van der Waals surface area contributed by atoms with Gasteiger partial charge in [-0.3, -0.25) is 4.79 Å². The van der Waals surface area contributed by atoms with Crippen LogP contribution in [0.2, 0.25) is 0 Å². The summed E-state index contributed by atoms with van der Waals surface area (Å²) in [5, 5.41) is 5.90. The van der Waals surface area contributed by atoms with Crippen LogP contribution in [0, 0.1) is 5.82 Å². The van der Waals surface area contributed by atoms with E-state index >= 15 is 0 Å². The minimum Gasteiger partial charge on any atom is -0.377 e. The first-order valence-electron chi connectivity index (χ1n) is 7.17. The van der Waals surface area contributed by atoms with Gasteiger partial charge in [0.2, 0.25) is 5.91 Å². The largest absolute Gasteiger partial charge is 0.377 e. The molecule has 0 saturated heterocycles. The van der Waals surface area contributed by atoms with Crippen LogP contribution in [0.15, 0.2) is 30.5 Å². The Hall–Kier alpha value is -2.30. The molecular formula is C16H18FN3O. The van der Waals surface area contributed by atoms with Crippen LogP contribution in [0.4, 0.5) is 15.8 Å². The van der Waals surface area contributed by atoms with Crippen LogP contribution in [0.5, 0.6) is 0 Å². The summed E-state index contributed by atoms with van der Waals surface area (Å²) in [5.74, 6) is -0.292. The van der Waals surface area contributed by atoms with Crippen molar-refractivity contribution in [2.45, 2.75) is 32.9 Å². The van der Waals surface area contributed by atoms with Crippen molar-refractivity contribution in [2.24, 2.45) is 0 Å². The van der Waals surface area contributed by atoms with Crippen molar-refractivity contribution in [3.63, 3.8) is 0 Å². The van der Waals surface area contributed by atoms with Crippen molar-refractivity contribution in [1.29, 1.82) is 0 Å². The second-order valence-electron chi connectivity index (χ2n) is 5.18. The van der Waals surface area contributed by atoms with Crippen LogP contribution in [0.25, 0.3) is 0 Å². The molecule has 0 atom stereocenters. The number of rotatable bonds is 4. The zero-order chi connectivity index (χ0) is 14.8. The standard InChI is InChI=1S/C16H18FN3O/c1-2-20-7-3-4-12(20)10-18-15-9-14-11(8-13(15)17)5-6-16(21)19-14/h3-4,7-9,18H,2,5-6,10H2,1H3,(H,19,21). The highest BCUT2D eigenvalue weighted by atomic mass is 19.1. The predicted octanol–water partition coefficient (Wildman–Crippen LogP) is 3.14. The first kappa shape index (κ1) is 13.7. The Balaban J connectivity index is 1.79. The molecule has 1 aliphatic heterocycles. The van der Waals surface area contributed by atoms with Crippen molar-refractivity contribution in [3.8, 4) is 0 Å². The number of nitrogens with zero attached hydrogens (tertiary/aromatic N) is 1. The van der Waals surface area contributed by atoms with Gasteiger partial charge >= 0.3 is 0 Å². The molecule has 1 aliphatic rings. The van der Waals surface area contributed by atoms with E-state index in [4.69, 9.17) is 0 Å². The van der Waals surface area contributed by atoms with Crippen LogP contribution in [0.3, 0.4) is 0 Å². The van der Waals surface area contributed by atoms with Crippen LogP contribution in [-0.2, 0) is 24.3 Å². The van der Waals surface area contributed by atoms with Gasteiger partial charge in [-0.25, -0.2) is 4.39 Å². The summed E-state index contributed by atoms with van der Waals surface area (Å²) in [6.45, 7) is 3.50. The number of amides is 1. The lowest BCUT2D eigenvalue weighted by Crippen LogP contribution is -2.19. The zero-order valence-electron chi connectivity index (χ0n) is 11.9. The molecule has 3 rings (SSSR count). The Morgan fingerprint density at radius 1 is 1.38 bits per heavy atom. The molecule has 0 bridgehead atoms. The summed E-state index contributed by atoms with van der Waals surface area (Å²) in [6.07, 6.45) is 3.01. The Kier molecular flexibility index (Phi) is 3.64. The molecule has 0 aliphatic carbocycles. The number of hydrogen-bond acceptors (Lipinski definition) is 2. The summed E-state index contributed by atoms with van der Waals surface area (Å²) in [5.41, 5.74) is 3.08. The molecule has 1 amide bonds. The summed E-state index contributed by atoms with van der Waals surface area (Å²) in [6, 6.07) is 7.18. The maximum Gasteiger partial charge on any atom is 0.224 e. The van der Waals surface area contributed by atoms with Gasteiger partial charge in [-0.05, 0) is 43.2 Å². The van der Waals surface area contributed by atoms with Crippen molar-refractivity contribution in [3.05, 3.63) is 47.5 Å². The van der Waals surface area contributed by atoms with Crippen LogP contribution in [-0.4, -0.2) is 10.5 Å². The fraction of sp³-hybridized carbons (Fsp3) is 0.312. The Morgan fingerprint density at radius 2 is 2.24 bits per heavy atom. The lowest BCUT2D eigenvalue weighted by Gasteiger charge is -2.19. The highest BCUT2D eigenvalue weighted by Gasteiger charge is 2.17. The lowest BCUT2D eigenvalue weighted by molar-refractivity contribution is -0.116. The topological polar surface area (TPSA) is 46.1 Å². The number of benzene rings is 1. The number of carbonyl (C=O) groups excluding carboxylic acids is 1. The van der Waals surface area contributed by atoms with E-state index in [1.807, 2.05) is 18.3 Å². The highest BCUT2D eigenvalue weighted by Crippen LogP contribution is 2.28. The van der Waals surface area contributed by atoms with E-state index in [2.05, 4.69) is 22.1 Å². The van der Waals surface area contributed by atoms with Gasteiger partial charge < -0.3 is 15.2 Å². The van der Waals surface area contributed by atoms with E-state index in [-0.39, 0.29) is 11.7 Å². The summed E-state index contributed by atoms with van der Waals surface area (Å²) >= 11 is 0. The van der Waals surface area contributed by atoms with Crippen molar-refractivity contribution in [1.82, 2.24) is 4.57 Å². The Labute approximate surface area is 123 Å². The second kappa shape index (κ2) is 5.60. The molecule has 0 saturated carbocycles. The van der Waals surface area contributed by atoms with Gasteiger partial charge in [-0.2, -0.15) is 0 Å². The molecular weight excluding hydrogens is 269 g/mol. The van der Waals surface area contributed by atoms with Gasteiger partial charge in [-0.15, -0.1) is 0 Å². The lowest BCUT2D eigenvalue weighted by atomic mass is 10.0. The molecule has 5 heteroatoms. The molecule has 0 unspecified atom stereocenters. The molecule has 0 radical (unpaired) electrons. The highest BCUT2D eigenvalue weighted by molar-refractivity contribution is 5.94. The maximum atomic E-state index is 14.1. The Morgan fingerprint density at radius 3 is 3.05 bits per heavy atom. The van der Waals surface area contributed by atoms with Crippen molar-refractivity contribution >= 4 is 17.3 Å². The second-order valence-corrected chi connectivity index (χ2v) is 5.18. The van der Waals surface area contributed by atoms with Gasteiger partial charge in [0.15, 0.2) is 0 Å². The van der Waals surface area contributed by atoms with Gasteiger partial charge in [0, 0.05) is 30.5 Å². The SMILES string of the molecule is CCn1cccc1CNc1cc2c(cc1F)CCC(=O)N2. The van der Waals surface area contributed by atoms with Crippen LogP contribution < -0.4 is 10.6 Å². The van der Waals surface area contributed by atoms with Crippen molar-refractivity contribution in [2.75, 3.05) is 10.6 Å². The minimum atomic E-state index is -0.278. The number of hydrogen-bond donors (Lipinski definition) is 2. The molecule has 0 spiro atoms. The number of anilines is 2. The summed E-state index contributed by atoms with van der Waals surface area (Å²) in [7, 11) is 0. The van der Waals surface area contributed by atoms with Gasteiger partial charge in [-0.1, -0.05) is 0 Å². The first-order chi connectivity index (χ1) is 10.2. The number of aryl methyl sites for hydroxylation is 2. The third-order valence-corrected chi connectivity index (χ3v) is 3.81. The molecule has 21 heavy (non-hydrogen) atoms. The summed E-state index contributed by atoms with van der Waals surface area (Å²) in [4.78, 5) is 11.4. The Bertz CT molecular complexity index is 678. The number of fused-ring (bicyclic) bond motifs is 1. The van der Waals surface area contributed by atoms with Crippen molar-refractivity contribution < 1.29 is 9.18 Å². The van der Waals surface area contributed by atoms with Crippen LogP contribution in [0.1, 0.15) is 24.6 Å². The summed E-state index contributed by atoms with van der Waals surface area (Å²) < 4.78 is 16.2. The quantitative estimate of drug-likeness (QED) is 0.907. The normalized spacial score (nSPS) is 13.7. The number of aromatic nitrogens is 1. The number of nitrogens with one attached hydrogen (secondary N) is 2. The van der Waals surface area contributed by atoms with E-state index < -0.39 is 0 Å². The van der Waals surface area contributed by atoms with E-state index in [1.54, 1.807) is 6.07 Å². The van der Waals surface area contributed by atoms with Crippen LogP contribution >= 0.6 is 0 Å². The molecule has 2 aromatic rings. The average Bonchev–Trinajstić information content (AvgIpc) is 2.93. The first-order valence-corrected chi connectivity index (χ1v) is 7.17. The molecule has 1 aromatic carbocycles. The predicted molar refractivity (Wildman–Crippen MR) is 80.8 cm³/mol. The monoisotopic (exact) mass is 287 g/mol. The number of carbonyl (C=O) groups is 1. The minimum absolute atomic E-state index is 0.0140. The molecule has 2 heterocycles. The van der Waals surface area contributed by atoms with Gasteiger partial charge in [0.05, 0.1) is 12.2 Å².